The van der Waals surface area contributed by atoms with Gasteiger partial charge < -0.3 is 9.52 Å². The monoisotopic (exact) mass is 365 g/mol. The van der Waals surface area contributed by atoms with Crippen molar-refractivity contribution in [3.8, 4) is 0 Å². The number of pyridine rings is 1. The lowest BCUT2D eigenvalue weighted by molar-refractivity contribution is -0.139. The van der Waals surface area contributed by atoms with Crippen LogP contribution < -0.4 is 5.56 Å². The lowest BCUT2D eigenvalue weighted by Gasteiger charge is -2.17. The summed E-state index contributed by atoms with van der Waals surface area (Å²) in [7, 11) is 0. The molecule has 0 saturated heterocycles. The molecule has 0 fully saturated rings. The maximum Gasteiger partial charge on any atom is 0.331 e. The summed E-state index contributed by atoms with van der Waals surface area (Å²) < 4.78 is 20.6. The van der Waals surface area contributed by atoms with Crippen molar-refractivity contribution in [2.24, 2.45) is 0 Å². The van der Waals surface area contributed by atoms with Gasteiger partial charge in [0.1, 0.15) is 5.82 Å². The summed E-state index contributed by atoms with van der Waals surface area (Å²) >= 11 is 3.17. The highest BCUT2D eigenvalue weighted by molar-refractivity contribution is 9.10. The second kappa shape index (κ2) is 5.42. The van der Waals surface area contributed by atoms with Crippen LogP contribution in [0, 0.1) is 5.82 Å². The van der Waals surface area contributed by atoms with Crippen molar-refractivity contribution in [2.75, 3.05) is 0 Å². The third kappa shape index (κ3) is 2.33. The van der Waals surface area contributed by atoms with Crippen molar-refractivity contribution in [1.29, 1.82) is 0 Å². The minimum atomic E-state index is -1.49. The van der Waals surface area contributed by atoms with Crippen LogP contribution in [0.1, 0.15) is 11.6 Å². The molecule has 3 aromatic rings. The van der Waals surface area contributed by atoms with Crippen LogP contribution in [0.4, 0.5) is 4.39 Å². The second-order valence-corrected chi connectivity index (χ2v) is 5.56. The van der Waals surface area contributed by atoms with Crippen LogP contribution in [0.25, 0.3) is 11.0 Å². The number of aliphatic carboxylic acids is 1. The quantitative estimate of drug-likeness (QED) is 0.773. The zero-order valence-corrected chi connectivity index (χ0v) is 12.6. The number of nitrogens with zero attached hydrogens (tertiary/aromatic N) is 1. The van der Waals surface area contributed by atoms with Gasteiger partial charge in [0.05, 0.1) is 6.26 Å². The first-order valence-electron chi connectivity index (χ1n) is 6.25. The Bertz CT molecular complexity index is 931. The molecule has 0 amide bonds. The number of carboxylic acids is 1. The molecule has 5 nitrogen and oxygen atoms in total. The molecule has 0 spiro atoms. The Morgan fingerprint density at radius 3 is 2.82 bits per heavy atom. The number of rotatable bonds is 3. The van der Waals surface area contributed by atoms with E-state index in [4.69, 9.17) is 4.42 Å². The van der Waals surface area contributed by atoms with Crippen molar-refractivity contribution >= 4 is 32.9 Å². The topological polar surface area (TPSA) is 72.4 Å². The molecule has 0 bridgehead atoms. The Morgan fingerprint density at radius 1 is 1.32 bits per heavy atom. The van der Waals surface area contributed by atoms with E-state index in [0.29, 0.717) is 9.86 Å². The molecule has 112 valence electrons. The van der Waals surface area contributed by atoms with Gasteiger partial charge in [0.15, 0.2) is 11.6 Å². The molecule has 0 saturated carbocycles. The summed E-state index contributed by atoms with van der Waals surface area (Å²) in [5.74, 6) is -2.05. The second-order valence-electron chi connectivity index (χ2n) is 4.64. The van der Waals surface area contributed by atoms with E-state index < -0.39 is 23.4 Å². The largest absolute Gasteiger partial charge is 0.479 e. The Morgan fingerprint density at radius 2 is 2.09 bits per heavy atom. The van der Waals surface area contributed by atoms with Gasteiger partial charge in [-0.15, -0.1) is 0 Å². The molecule has 3 rings (SSSR count). The molecular weight excluding hydrogens is 357 g/mol. The number of hydrogen-bond acceptors (Lipinski definition) is 3. The van der Waals surface area contributed by atoms with E-state index in [1.165, 1.54) is 24.6 Å². The predicted molar refractivity (Wildman–Crippen MR) is 80.3 cm³/mol. The highest BCUT2D eigenvalue weighted by Crippen LogP contribution is 2.25. The Kier molecular flexibility index (Phi) is 3.58. The van der Waals surface area contributed by atoms with Gasteiger partial charge in [-0.2, -0.15) is 0 Å². The number of fused-ring (bicyclic) bond motifs is 1. The van der Waals surface area contributed by atoms with Crippen LogP contribution in [0.15, 0.2) is 56.5 Å². The van der Waals surface area contributed by atoms with Gasteiger partial charge in [0.2, 0.25) is 0 Å². The number of carbonyl (C=O) groups is 1. The molecule has 0 radical (unpaired) electrons. The maximum absolute atomic E-state index is 14.0. The molecule has 22 heavy (non-hydrogen) atoms. The third-order valence-electron chi connectivity index (χ3n) is 3.30. The Labute approximate surface area is 131 Å². The lowest BCUT2D eigenvalue weighted by Crippen LogP contribution is -2.30. The van der Waals surface area contributed by atoms with E-state index in [1.54, 1.807) is 12.1 Å². The highest BCUT2D eigenvalue weighted by Gasteiger charge is 2.27. The number of benzene rings is 1. The Balaban J connectivity index is 2.27. The molecule has 1 atom stereocenters. The fourth-order valence-corrected chi connectivity index (χ4v) is 2.68. The van der Waals surface area contributed by atoms with Gasteiger partial charge in [-0.3, -0.25) is 9.36 Å². The van der Waals surface area contributed by atoms with E-state index in [9.17, 15) is 19.1 Å². The lowest BCUT2D eigenvalue weighted by atomic mass is 10.1. The standard InChI is InChI=1S/C15H9BrFNO4/c16-9-1-2-11(17)10(7-9)12(15(20)21)18-5-3-8-4-6-22-13(8)14(18)19/h1-7,12H,(H,20,21). The summed E-state index contributed by atoms with van der Waals surface area (Å²) in [5.41, 5.74) is -0.715. The fourth-order valence-electron chi connectivity index (χ4n) is 2.30. The highest BCUT2D eigenvalue weighted by atomic mass is 79.9. The number of aromatic nitrogens is 1. The molecule has 2 aromatic heterocycles. The van der Waals surface area contributed by atoms with Crippen molar-refractivity contribution in [3.05, 3.63) is 69.0 Å². The van der Waals surface area contributed by atoms with Gasteiger partial charge >= 0.3 is 5.97 Å². The zero-order chi connectivity index (χ0) is 15.9. The summed E-state index contributed by atoms with van der Waals surface area (Å²) in [6.45, 7) is 0. The summed E-state index contributed by atoms with van der Waals surface area (Å²) in [4.78, 5) is 24.0. The number of halogens is 2. The molecule has 7 heteroatoms. The van der Waals surface area contributed by atoms with Crippen LogP contribution in [-0.4, -0.2) is 15.6 Å². The molecular formula is C15H9BrFNO4. The van der Waals surface area contributed by atoms with E-state index in [2.05, 4.69) is 15.9 Å². The SMILES string of the molecule is O=C(O)C(c1cc(Br)ccc1F)n1ccc2ccoc2c1=O. The average Bonchev–Trinajstić information content (AvgIpc) is 2.94. The molecule has 1 N–H and O–H groups in total. The summed E-state index contributed by atoms with van der Waals surface area (Å²) in [5, 5.41) is 10.0. The van der Waals surface area contributed by atoms with Crippen LogP contribution in [-0.2, 0) is 4.79 Å². The van der Waals surface area contributed by atoms with Crippen molar-refractivity contribution < 1.29 is 18.7 Å². The van der Waals surface area contributed by atoms with Crippen molar-refractivity contribution in [1.82, 2.24) is 4.57 Å². The number of hydrogen-bond donors (Lipinski definition) is 1. The number of carboxylic acid groups (broad SMARTS) is 1. The summed E-state index contributed by atoms with van der Waals surface area (Å²) in [6.07, 6.45) is 2.66. The van der Waals surface area contributed by atoms with Gasteiger partial charge in [0.25, 0.3) is 5.56 Å². The minimum Gasteiger partial charge on any atom is -0.479 e. The van der Waals surface area contributed by atoms with Gasteiger partial charge in [-0.1, -0.05) is 15.9 Å². The van der Waals surface area contributed by atoms with Crippen LogP contribution in [0.5, 0.6) is 0 Å². The van der Waals surface area contributed by atoms with Gasteiger partial charge in [-0.25, -0.2) is 9.18 Å². The van der Waals surface area contributed by atoms with Crippen molar-refractivity contribution in [2.45, 2.75) is 6.04 Å². The molecule has 0 aliphatic carbocycles. The summed E-state index contributed by atoms with van der Waals surface area (Å²) in [6, 6.07) is 5.59. The molecule has 0 aliphatic heterocycles. The average molecular weight is 366 g/mol. The first-order chi connectivity index (χ1) is 10.5. The smallest absolute Gasteiger partial charge is 0.331 e. The van der Waals surface area contributed by atoms with Gasteiger partial charge in [0, 0.05) is 21.6 Å². The first-order valence-corrected chi connectivity index (χ1v) is 7.04. The van der Waals surface area contributed by atoms with Crippen LogP contribution >= 0.6 is 15.9 Å². The maximum atomic E-state index is 14.0. The normalized spacial score (nSPS) is 12.5. The molecule has 1 unspecified atom stereocenters. The first kappa shape index (κ1) is 14.5. The predicted octanol–water partition coefficient (Wildman–Crippen LogP) is 3.17. The van der Waals surface area contributed by atoms with Crippen LogP contribution in [0.2, 0.25) is 0 Å². The Hall–Kier alpha value is -2.41. The third-order valence-corrected chi connectivity index (χ3v) is 3.80. The van der Waals surface area contributed by atoms with Crippen LogP contribution in [0.3, 0.4) is 0 Å². The van der Waals surface area contributed by atoms with E-state index in [1.807, 2.05) is 0 Å². The minimum absolute atomic E-state index is 0.0316. The van der Waals surface area contributed by atoms with E-state index in [0.717, 1.165) is 10.6 Å². The molecule has 0 aliphatic rings. The van der Waals surface area contributed by atoms with Crippen molar-refractivity contribution in [3.63, 3.8) is 0 Å². The fraction of sp³-hybridized carbons (Fsp3) is 0.0667. The molecule has 1 aromatic carbocycles. The van der Waals surface area contributed by atoms with E-state index in [-0.39, 0.29) is 11.1 Å². The molecule has 2 heterocycles. The number of furan rings is 1. The van der Waals surface area contributed by atoms with E-state index >= 15 is 0 Å². The zero-order valence-electron chi connectivity index (χ0n) is 11.0. The van der Waals surface area contributed by atoms with Gasteiger partial charge in [-0.05, 0) is 30.3 Å².